The predicted octanol–water partition coefficient (Wildman–Crippen LogP) is 3.99. The van der Waals surface area contributed by atoms with Crippen LogP contribution in [0, 0.1) is 23.7 Å². The molecule has 1 saturated carbocycles. The Kier molecular flexibility index (Phi) is 5.41. The Morgan fingerprint density at radius 1 is 1.20 bits per heavy atom. The largest absolute Gasteiger partial charge is 0.393 e. The minimum absolute atomic E-state index is 0.0842. The van der Waals surface area contributed by atoms with Crippen molar-refractivity contribution in [3.8, 4) is 0 Å². The lowest BCUT2D eigenvalue weighted by molar-refractivity contribution is -0.180. The van der Waals surface area contributed by atoms with E-state index in [-0.39, 0.29) is 23.6 Å². The van der Waals surface area contributed by atoms with Crippen LogP contribution in [0.2, 0.25) is 0 Å². The number of likely N-dealkylation sites (tertiary alicyclic amines) is 1. The second-order valence-electron chi connectivity index (χ2n) is 9.67. The molecule has 0 aromatic carbocycles. The Balaban J connectivity index is 1.86. The fourth-order valence-electron chi connectivity index (χ4n) is 6.43. The number of hydrogen-bond donors (Lipinski definition) is 2. The van der Waals surface area contributed by atoms with Gasteiger partial charge in [0.25, 0.3) is 0 Å². The number of aliphatic hydroxyl groups is 2. The van der Waals surface area contributed by atoms with E-state index >= 15 is 0 Å². The summed E-state index contributed by atoms with van der Waals surface area (Å²) < 4.78 is 0. The van der Waals surface area contributed by atoms with Gasteiger partial charge in [0.15, 0.2) is 0 Å². The maximum Gasteiger partial charge on any atom is 0.0893 e. The van der Waals surface area contributed by atoms with Crippen molar-refractivity contribution in [3.63, 3.8) is 0 Å². The topological polar surface area (TPSA) is 43.7 Å². The van der Waals surface area contributed by atoms with E-state index in [9.17, 15) is 10.2 Å². The second-order valence-corrected chi connectivity index (χ2v) is 9.67. The van der Waals surface area contributed by atoms with Crippen LogP contribution in [0.4, 0.5) is 0 Å². The monoisotopic (exact) mass is 349 g/mol. The van der Waals surface area contributed by atoms with E-state index in [1.807, 2.05) is 0 Å². The smallest absolute Gasteiger partial charge is 0.0893 e. The molecule has 3 rings (SSSR count). The Labute approximate surface area is 154 Å². The van der Waals surface area contributed by atoms with Crippen LogP contribution in [-0.4, -0.2) is 44.9 Å². The number of nitrogens with zero attached hydrogens (tertiary/aromatic N) is 1. The van der Waals surface area contributed by atoms with E-state index in [1.165, 1.54) is 6.42 Å². The lowest BCUT2D eigenvalue weighted by Gasteiger charge is -2.60. The van der Waals surface area contributed by atoms with Crippen LogP contribution in [0.25, 0.3) is 0 Å². The van der Waals surface area contributed by atoms with E-state index in [1.54, 1.807) is 0 Å². The van der Waals surface area contributed by atoms with Crippen molar-refractivity contribution in [1.82, 2.24) is 4.90 Å². The van der Waals surface area contributed by atoms with Gasteiger partial charge < -0.3 is 10.2 Å². The second kappa shape index (κ2) is 6.98. The molecule has 0 aromatic rings. The first kappa shape index (κ1) is 19.4. The van der Waals surface area contributed by atoms with Gasteiger partial charge in [0, 0.05) is 23.4 Å². The standard InChI is InChI=1S/C22H39NO2/c1-6-17-8-7-9-18-12-13-23(16(3)22(17,18)25)21(4,5)19-11-10-15(2)14-20(19)24/h7-8,15-20,24-25H,6,9-14H2,1-5H3/t15-,16+,17-,18-,19-,20-,22-/m1/s1. The molecule has 3 aliphatic rings. The van der Waals surface area contributed by atoms with E-state index in [2.05, 4.69) is 51.7 Å². The molecule has 0 aromatic heterocycles. The molecule has 0 bridgehead atoms. The normalized spacial score (nSPS) is 46.0. The van der Waals surface area contributed by atoms with Crippen LogP contribution >= 0.6 is 0 Å². The molecule has 0 spiro atoms. The summed E-state index contributed by atoms with van der Waals surface area (Å²) >= 11 is 0. The van der Waals surface area contributed by atoms with Gasteiger partial charge in [-0.1, -0.05) is 32.4 Å². The average Bonchev–Trinajstić information content (AvgIpc) is 2.55. The predicted molar refractivity (Wildman–Crippen MR) is 103 cm³/mol. The zero-order valence-electron chi connectivity index (χ0n) is 16.9. The van der Waals surface area contributed by atoms with Crippen LogP contribution in [0.3, 0.4) is 0 Å². The fraction of sp³-hybridized carbons (Fsp3) is 0.909. The molecule has 0 radical (unpaired) electrons. The van der Waals surface area contributed by atoms with Gasteiger partial charge in [-0.3, -0.25) is 4.90 Å². The molecule has 1 saturated heterocycles. The molecule has 25 heavy (non-hydrogen) atoms. The summed E-state index contributed by atoms with van der Waals surface area (Å²) in [6.45, 7) is 12.3. The Bertz CT molecular complexity index is 502. The highest BCUT2D eigenvalue weighted by Crippen LogP contribution is 2.49. The molecule has 0 amide bonds. The number of allylic oxidation sites excluding steroid dienone is 1. The van der Waals surface area contributed by atoms with Crippen molar-refractivity contribution < 1.29 is 10.2 Å². The zero-order valence-corrected chi connectivity index (χ0v) is 16.9. The minimum Gasteiger partial charge on any atom is -0.393 e. The zero-order chi connectivity index (χ0) is 18.4. The number of aliphatic hydroxyl groups excluding tert-OH is 1. The minimum atomic E-state index is -0.633. The van der Waals surface area contributed by atoms with Crippen LogP contribution in [-0.2, 0) is 0 Å². The first-order valence-electron chi connectivity index (χ1n) is 10.6. The van der Waals surface area contributed by atoms with Gasteiger partial charge in [-0.05, 0) is 71.3 Å². The van der Waals surface area contributed by atoms with Crippen molar-refractivity contribution in [2.24, 2.45) is 23.7 Å². The highest BCUT2D eigenvalue weighted by atomic mass is 16.3. The van der Waals surface area contributed by atoms with Crippen LogP contribution in [0.15, 0.2) is 12.2 Å². The molecule has 1 aliphatic heterocycles. The van der Waals surface area contributed by atoms with Crippen LogP contribution in [0.5, 0.6) is 0 Å². The van der Waals surface area contributed by atoms with Gasteiger partial charge >= 0.3 is 0 Å². The molecule has 2 N–H and O–H groups in total. The summed E-state index contributed by atoms with van der Waals surface area (Å²) in [5.74, 6) is 1.55. The summed E-state index contributed by atoms with van der Waals surface area (Å²) in [5.41, 5.74) is -0.717. The third-order valence-electron chi connectivity index (χ3n) is 8.06. The number of piperidine rings is 1. The van der Waals surface area contributed by atoms with Gasteiger partial charge in [0.05, 0.1) is 11.7 Å². The Hall–Kier alpha value is -0.380. The maximum absolute atomic E-state index is 11.8. The SMILES string of the molecule is CC[C@@H]1C=CC[C@@H]2CCN(C(C)(C)[C@@H]3CC[C@@H](C)C[C@H]3O)[C@@H](C)[C@]21O. The van der Waals surface area contributed by atoms with Crippen molar-refractivity contribution >= 4 is 0 Å². The highest BCUT2D eigenvalue weighted by molar-refractivity contribution is 5.16. The molecule has 144 valence electrons. The van der Waals surface area contributed by atoms with E-state index < -0.39 is 5.60 Å². The molecule has 2 aliphatic carbocycles. The van der Waals surface area contributed by atoms with Gasteiger partial charge in [0.1, 0.15) is 0 Å². The van der Waals surface area contributed by atoms with E-state index in [4.69, 9.17) is 0 Å². The summed E-state index contributed by atoms with van der Waals surface area (Å²) in [5, 5.41) is 22.6. The van der Waals surface area contributed by atoms with Crippen LogP contribution < -0.4 is 0 Å². The van der Waals surface area contributed by atoms with Crippen molar-refractivity contribution in [2.75, 3.05) is 6.54 Å². The number of fused-ring (bicyclic) bond motifs is 1. The summed E-state index contributed by atoms with van der Waals surface area (Å²) in [6, 6.07) is 0.127. The molecule has 1 heterocycles. The molecule has 3 nitrogen and oxygen atoms in total. The summed E-state index contributed by atoms with van der Waals surface area (Å²) in [4.78, 5) is 2.54. The van der Waals surface area contributed by atoms with E-state index in [0.717, 1.165) is 38.6 Å². The molecular formula is C22H39NO2. The first-order valence-corrected chi connectivity index (χ1v) is 10.6. The lowest BCUT2D eigenvalue weighted by atomic mass is 9.62. The van der Waals surface area contributed by atoms with Crippen molar-refractivity contribution in [2.45, 2.75) is 96.4 Å². The number of rotatable bonds is 3. The molecule has 3 heteroatoms. The van der Waals surface area contributed by atoms with Crippen LogP contribution in [0.1, 0.15) is 73.1 Å². The molecule has 0 unspecified atom stereocenters. The van der Waals surface area contributed by atoms with E-state index in [0.29, 0.717) is 17.8 Å². The quantitative estimate of drug-likeness (QED) is 0.757. The van der Waals surface area contributed by atoms with Gasteiger partial charge in [-0.2, -0.15) is 0 Å². The summed E-state index contributed by atoms with van der Waals surface area (Å²) in [6.07, 6.45) is 10.6. The molecular weight excluding hydrogens is 310 g/mol. The Morgan fingerprint density at radius 3 is 2.56 bits per heavy atom. The number of hydrogen-bond acceptors (Lipinski definition) is 3. The lowest BCUT2D eigenvalue weighted by Crippen LogP contribution is -2.70. The van der Waals surface area contributed by atoms with Gasteiger partial charge in [-0.25, -0.2) is 0 Å². The summed E-state index contributed by atoms with van der Waals surface area (Å²) in [7, 11) is 0. The van der Waals surface area contributed by atoms with Crippen molar-refractivity contribution in [3.05, 3.63) is 12.2 Å². The molecule has 2 fully saturated rings. The average molecular weight is 350 g/mol. The highest BCUT2D eigenvalue weighted by Gasteiger charge is 2.56. The molecule has 7 atom stereocenters. The van der Waals surface area contributed by atoms with Gasteiger partial charge in [-0.15, -0.1) is 0 Å². The third-order valence-corrected chi connectivity index (χ3v) is 8.06. The Morgan fingerprint density at radius 2 is 1.92 bits per heavy atom. The maximum atomic E-state index is 11.8. The first-order chi connectivity index (χ1) is 11.7. The van der Waals surface area contributed by atoms with Gasteiger partial charge in [0.2, 0.25) is 0 Å². The third kappa shape index (κ3) is 3.11. The van der Waals surface area contributed by atoms with Crippen molar-refractivity contribution in [1.29, 1.82) is 0 Å². The fourth-order valence-corrected chi connectivity index (χ4v) is 6.43.